The second kappa shape index (κ2) is 6.02. The Morgan fingerprint density at radius 3 is 2.44 bits per heavy atom. The Bertz CT molecular complexity index is 199. The fourth-order valence-corrected chi connectivity index (χ4v) is 3.80. The maximum atomic E-state index is 5.90. The van der Waals surface area contributed by atoms with E-state index in [4.69, 9.17) is 5.73 Å². The van der Waals surface area contributed by atoms with Gasteiger partial charge in [-0.2, -0.15) is 0 Å². The van der Waals surface area contributed by atoms with E-state index in [0.717, 1.165) is 24.4 Å². The van der Waals surface area contributed by atoms with Gasteiger partial charge in [-0.3, -0.25) is 0 Å². The van der Waals surface area contributed by atoms with E-state index in [9.17, 15) is 0 Å². The number of nitrogens with two attached hydrogens (primary N) is 1. The van der Waals surface area contributed by atoms with Gasteiger partial charge in [0.2, 0.25) is 0 Å². The summed E-state index contributed by atoms with van der Waals surface area (Å²) in [4.78, 5) is 2.74. The Morgan fingerprint density at radius 1 is 1.06 bits per heavy atom. The highest BCUT2D eigenvalue weighted by molar-refractivity contribution is 4.87. The highest BCUT2D eigenvalue weighted by atomic mass is 15.2. The summed E-state index contributed by atoms with van der Waals surface area (Å²) < 4.78 is 0. The molecule has 0 aliphatic heterocycles. The van der Waals surface area contributed by atoms with Crippen molar-refractivity contribution in [3.63, 3.8) is 0 Å². The van der Waals surface area contributed by atoms with Crippen molar-refractivity contribution in [2.75, 3.05) is 19.6 Å². The molecule has 2 aliphatic rings. The van der Waals surface area contributed by atoms with Gasteiger partial charge in [-0.1, -0.05) is 26.2 Å². The Balaban J connectivity index is 1.87. The van der Waals surface area contributed by atoms with Crippen LogP contribution in [-0.2, 0) is 0 Å². The summed E-state index contributed by atoms with van der Waals surface area (Å²) in [5.41, 5.74) is 5.90. The molecule has 0 aromatic rings. The standard InChI is InChI=1S/C14H28N2/c1-2-16(11-12-6-3-4-7-12)14-9-5-8-13(14)10-15/h12-14H,2-11,15H2,1H3. The van der Waals surface area contributed by atoms with Crippen LogP contribution in [0.25, 0.3) is 0 Å². The summed E-state index contributed by atoms with van der Waals surface area (Å²) in [6, 6.07) is 0.801. The molecule has 2 heteroatoms. The molecule has 2 saturated carbocycles. The molecule has 2 N–H and O–H groups in total. The molecule has 0 aromatic carbocycles. The molecule has 0 saturated heterocycles. The molecule has 0 radical (unpaired) electrons. The van der Waals surface area contributed by atoms with Gasteiger partial charge < -0.3 is 10.6 Å². The fourth-order valence-electron chi connectivity index (χ4n) is 3.80. The van der Waals surface area contributed by atoms with Crippen LogP contribution >= 0.6 is 0 Å². The number of hydrogen-bond donors (Lipinski definition) is 1. The van der Waals surface area contributed by atoms with E-state index < -0.39 is 0 Å². The molecular weight excluding hydrogens is 196 g/mol. The Morgan fingerprint density at radius 2 is 1.81 bits per heavy atom. The monoisotopic (exact) mass is 224 g/mol. The lowest BCUT2D eigenvalue weighted by Crippen LogP contribution is -2.42. The number of nitrogens with zero attached hydrogens (tertiary/aromatic N) is 1. The van der Waals surface area contributed by atoms with E-state index in [1.807, 2.05) is 0 Å². The smallest absolute Gasteiger partial charge is 0.0135 e. The van der Waals surface area contributed by atoms with Gasteiger partial charge in [-0.05, 0) is 50.6 Å². The third-order valence-electron chi connectivity index (χ3n) is 4.76. The van der Waals surface area contributed by atoms with Crippen LogP contribution in [0.15, 0.2) is 0 Å². The molecule has 0 aromatic heterocycles. The molecular formula is C14H28N2. The van der Waals surface area contributed by atoms with Crippen LogP contribution < -0.4 is 5.73 Å². The van der Waals surface area contributed by atoms with Gasteiger partial charge in [0, 0.05) is 12.6 Å². The minimum absolute atomic E-state index is 0.779. The summed E-state index contributed by atoms with van der Waals surface area (Å²) in [5, 5.41) is 0. The molecule has 0 bridgehead atoms. The van der Waals surface area contributed by atoms with Crippen LogP contribution in [0.5, 0.6) is 0 Å². The Labute approximate surface area is 101 Å². The minimum Gasteiger partial charge on any atom is -0.330 e. The Hall–Kier alpha value is -0.0800. The first-order chi connectivity index (χ1) is 7.85. The minimum atomic E-state index is 0.779. The zero-order valence-corrected chi connectivity index (χ0v) is 10.8. The molecule has 2 fully saturated rings. The second-order valence-electron chi connectivity index (χ2n) is 5.73. The first-order valence-corrected chi connectivity index (χ1v) is 7.29. The van der Waals surface area contributed by atoms with Gasteiger partial charge in [0.25, 0.3) is 0 Å². The van der Waals surface area contributed by atoms with Crippen LogP contribution in [-0.4, -0.2) is 30.6 Å². The molecule has 94 valence electrons. The molecule has 0 spiro atoms. The zero-order valence-electron chi connectivity index (χ0n) is 10.8. The summed E-state index contributed by atoms with van der Waals surface area (Å²) >= 11 is 0. The first kappa shape index (κ1) is 12.4. The van der Waals surface area contributed by atoms with Crippen molar-refractivity contribution in [3.05, 3.63) is 0 Å². The van der Waals surface area contributed by atoms with Crippen LogP contribution in [0, 0.1) is 11.8 Å². The predicted molar refractivity (Wildman–Crippen MR) is 69.4 cm³/mol. The molecule has 2 nitrogen and oxygen atoms in total. The number of hydrogen-bond acceptors (Lipinski definition) is 2. The molecule has 2 unspecified atom stereocenters. The van der Waals surface area contributed by atoms with Crippen LogP contribution in [0.2, 0.25) is 0 Å². The summed E-state index contributed by atoms with van der Waals surface area (Å²) in [7, 11) is 0. The Kier molecular flexibility index (Phi) is 4.66. The zero-order chi connectivity index (χ0) is 11.4. The molecule has 0 amide bonds. The van der Waals surface area contributed by atoms with E-state index in [1.54, 1.807) is 0 Å². The van der Waals surface area contributed by atoms with E-state index in [0.29, 0.717) is 0 Å². The SMILES string of the molecule is CCN(CC1CCCC1)C1CCCC1CN. The lowest BCUT2D eigenvalue weighted by Gasteiger charge is -2.33. The molecule has 2 rings (SSSR count). The summed E-state index contributed by atoms with van der Waals surface area (Å²) in [6.07, 6.45) is 10.0. The molecule has 2 atom stereocenters. The highest BCUT2D eigenvalue weighted by Crippen LogP contribution is 2.32. The first-order valence-electron chi connectivity index (χ1n) is 7.29. The van der Waals surface area contributed by atoms with E-state index >= 15 is 0 Å². The van der Waals surface area contributed by atoms with Gasteiger partial charge >= 0.3 is 0 Å². The lowest BCUT2D eigenvalue weighted by atomic mass is 10.00. The van der Waals surface area contributed by atoms with Gasteiger partial charge in [0.05, 0.1) is 0 Å². The van der Waals surface area contributed by atoms with Crippen molar-refractivity contribution < 1.29 is 0 Å². The van der Waals surface area contributed by atoms with Crippen molar-refractivity contribution >= 4 is 0 Å². The summed E-state index contributed by atoms with van der Waals surface area (Å²) in [5.74, 6) is 1.76. The van der Waals surface area contributed by atoms with Crippen molar-refractivity contribution in [1.82, 2.24) is 4.90 Å². The predicted octanol–water partition coefficient (Wildman–Crippen LogP) is 2.63. The molecule has 0 heterocycles. The third-order valence-corrected chi connectivity index (χ3v) is 4.76. The van der Waals surface area contributed by atoms with Crippen LogP contribution in [0.4, 0.5) is 0 Å². The van der Waals surface area contributed by atoms with Crippen LogP contribution in [0.3, 0.4) is 0 Å². The van der Waals surface area contributed by atoms with Crippen molar-refractivity contribution in [2.45, 2.75) is 57.9 Å². The molecule has 2 aliphatic carbocycles. The van der Waals surface area contributed by atoms with Gasteiger partial charge in [0.1, 0.15) is 0 Å². The highest BCUT2D eigenvalue weighted by Gasteiger charge is 2.31. The van der Waals surface area contributed by atoms with Crippen molar-refractivity contribution in [3.8, 4) is 0 Å². The number of rotatable bonds is 5. The maximum Gasteiger partial charge on any atom is 0.0135 e. The average molecular weight is 224 g/mol. The summed E-state index contributed by atoms with van der Waals surface area (Å²) in [6.45, 7) is 5.78. The largest absolute Gasteiger partial charge is 0.330 e. The fraction of sp³-hybridized carbons (Fsp3) is 1.00. The lowest BCUT2D eigenvalue weighted by molar-refractivity contribution is 0.146. The van der Waals surface area contributed by atoms with Crippen LogP contribution in [0.1, 0.15) is 51.9 Å². The van der Waals surface area contributed by atoms with Crippen molar-refractivity contribution in [2.24, 2.45) is 17.6 Å². The quantitative estimate of drug-likeness (QED) is 0.778. The normalized spacial score (nSPS) is 31.7. The van der Waals surface area contributed by atoms with Gasteiger partial charge in [0.15, 0.2) is 0 Å². The maximum absolute atomic E-state index is 5.90. The van der Waals surface area contributed by atoms with E-state index in [-0.39, 0.29) is 0 Å². The average Bonchev–Trinajstić information content (AvgIpc) is 2.96. The molecule has 16 heavy (non-hydrogen) atoms. The van der Waals surface area contributed by atoms with E-state index in [1.165, 1.54) is 58.0 Å². The van der Waals surface area contributed by atoms with Crippen molar-refractivity contribution in [1.29, 1.82) is 0 Å². The van der Waals surface area contributed by atoms with Gasteiger partial charge in [-0.25, -0.2) is 0 Å². The second-order valence-corrected chi connectivity index (χ2v) is 5.73. The topological polar surface area (TPSA) is 29.3 Å². The third kappa shape index (κ3) is 2.78. The van der Waals surface area contributed by atoms with Gasteiger partial charge in [-0.15, -0.1) is 0 Å². The van der Waals surface area contributed by atoms with E-state index in [2.05, 4.69) is 11.8 Å².